The number of rotatable bonds is 4. The highest BCUT2D eigenvalue weighted by Gasteiger charge is 2.28. The zero-order valence-electron chi connectivity index (χ0n) is 12.2. The molecule has 5 heteroatoms. The van der Waals surface area contributed by atoms with E-state index in [1.165, 1.54) is 25.7 Å². The first-order valence-electron chi connectivity index (χ1n) is 7.42. The smallest absolute Gasteiger partial charge is 0.237 e. The Morgan fingerprint density at radius 1 is 1.16 bits per heavy atom. The van der Waals surface area contributed by atoms with Crippen LogP contribution in [0.3, 0.4) is 0 Å². The number of likely N-dealkylation sites (N-methyl/N-ethyl adjacent to an activating group) is 1. The van der Waals surface area contributed by atoms with Crippen molar-refractivity contribution in [3.63, 3.8) is 0 Å². The second-order valence-electron chi connectivity index (χ2n) is 5.79. The van der Waals surface area contributed by atoms with Gasteiger partial charge in [0.2, 0.25) is 5.91 Å². The third-order valence-electron chi connectivity index (χ3n) is 4.49. The predicted molar refractivity (Wildman–Crippen MR) is 80.8 cm³/mol. The first kappa shape index (κ1) is 16.7. The maximum absolute atomic E-state index is 12.2. The van der Waals surface area contributed by atoms with Crippen LogP contribution >= 0.6 is 12.4 Å². The Morgan fingerprint density at radius 3 is 2.42 bits per heavy atom. The van der Waals surface area contributed by atoms with Gasteiger partial charge in [-0.15, -0.1) is 12.4 Å². The van der Waals surface area contributed by atoms with E-state index in [4.69, 9.17) is 0 Å². The number of hydrogen-bond donors (Lipinski definition) is 2. The van der Waals surface area contributed by atoms with Crippen LogP contribution in [0.2, 0.25) is 0 Å². The Morgan fingerprint density at radius 2 is 1.79 bits per heavy atom. The van der Waals surface area contributed by atoms with Crippen molar-refractivity contribution in [3.8, 4) is 0 Å². The third kappa shape index (κ3) is 4.62. The number of likely N-dealkylation sites (tertiary alicyclic amines) is 1. The van der Waals surface area contributed by atoms with Gasteiger partial charge in [0.1, 0.15) is 0 Å². The van der Waals surface area contributed by atoms with E-state index in [0.717, 1.165) is 25.9 Å². The number of nitrogens with one attached hydrogen (secondary N) is 2. The minimum atomic E-state index is 0. The van der Waals surface area contributed by atoms with Gasteiger partial charge in [-0.25, -0.2) is 0 Å². The molecule has 1 saturated heterocycles. The molecule has 2 unspecified atom stereocenters. The predicted octanol–water partition coefficient (Wildman–Crippen LogP) is 1.54. The van der Waals surface area contributed by atoms with E-state index in [1.807, 2.05) is 14.0 Å². The molecule has 19 heavy (non-hydrogen) atoms. The average Bonchev–Trinajstić information content (AvgIpc) is 2.90. The summed E-state index contributed by atoms with van der Waals surface area (Å²) in [5, 5.41) is 6.54. The molecule has 1 saturated carbocycles. The molecule has 0 aromatic carbocycles. The molecule has 4 nitrogen and oxygen atoms in total. The fourth-order valence-electron chi connectivity index (χ4n) is 3.15. The van der Waals surface area contributed by atoms with E-state index in [0.29, 0.717) is 12.1 Å². The largest absolute Gasteiger partial charge is 0.352 e. The Kier molecular flexibility index (Phi) is 7.11. The Bertz CT molecular complexity index is 282. The molecule has 0 bridgehead atoms. The summed E-state index contributed by atoms with van der Waals surface area (Å²) in [7, 11) is 2.01. The fourth-order valence-corrected chi connectivity index (χ4v) is 3.15. The Balaban J connectivity index is 0.00000180. The Hall–Kier alpha value is -0.320. The van der Waals surface area contributed by atoms with Crippen LogP contribution in [0, 0.1) is 0 Å². The van der Waals surface area contributed by atoms with Gasteiger partial charge in [0.05, 0.1) is 6.04 Å². The minimum Gasteiger partial charge on any atom is -0.352 e. The van der Waals surface area contributed by atoms with Crippen molar-refractivity contribution < 1.29 is 4.79 Å². The molecule has 1 heterocycles. The van der Waals surface area contributed by atoms with Gasteiger partial charge in [-0.3, -0.25) is 9.69 Å². The van der Waals surface area contributed by atoms with E-state index in [-0.39, 0.29) is 24.4 Å². The summed E-state index contributed by atoms with van der Waals surface area (Å²) < 4.78 is 0. The van der Waals surface area contributed by atoms with E-state index in [1.54, 1.807) is 0 Å². The van der Waals surface area contributed by atoms with Gasteiger partial charge in [0.15, 0.2) is 0 Å². The molecule has 112 valence electrons. The number of carbonyl (C=O) groups excluding carboxylic acids is 1. The molecule has 0 aromatic heterocycles. The number of nitrogens with zero attached hydrogens (tertiary/aromatic N) is 1. The SMILES string of the molecule is CNC1CCCN(C(C)C(=O)NC2CCCC2)C1.Cl. The summed E-state index contributed by atoms with van der Waals surface area (Å²) in [5.74, 6) is 0.221. The lowest BCUT2D eigenvalue weighted by molar-refractivity contribution is -0.127. The number of amides is 1. The second-order valence-corrected chi connectivity index (χ2v) is 5.79. The third-order valence-corrected chi connectivity index (χ3v) is 4.49. The standard InChI is InChI=1S/C14H27N3O.ClH/c1-11(14(18)16-12-6-3-4-7-12)17-9-5-8-13(10-17)15-2;/h11-13,15H,3-10H2,1-2H3,(H,16,18);1H. The summed E-state index contributed by atoms with van der Waals surface area (Å²) in [4.78, 5) is 14.5. The van der Waals surface area contributed by atoms with Crippen molar-refractivity contribution in [2.75, 3.05) is 20.1 Å². The molecule has 2 atom stereocenters. The lowest BCUT2D eigenvalue weighted by atomic mass is 10.0. The molecule has 2 fully saturated rings. The van der Waals surface area contributed by atoms with Crippen molar-refractivity contribution in [3.05, 3.63) is 0 Å². The second kappa shape index (κ2) is 8.08. The molecule has 1 aliphatic carbocycles. The maximum Gasteiger partial charge on any atom is 0.237 e. The highest BCUT2D eigenvalue weighted by Crippen LogP contribution is 2.18. The van der Waals surface area contributed by atoms with Crippen LogP contribution < -0.4 is 10.6 Å². The molecule has 0 spiro atoms. The summed E-state index contributed by atoms with van der Waals surface area (Å²) in [5.41, 5.74) is 0. The molecule has 2 N–H and O–H groups in total. The summed E-state index contributed by atoms with van der Waals surface area (Å²) in [6.07, 6.45) is 7.28. The van der Waals surface area contributed by atoms with Gasteiger partial charge in [-0.2, -0.15) is 0 Å². The topological polar surface area (TPSA) is 44.4 Å². The van der Waals surface area contributed by atoms with Crippen LogP contribution in [0.15, 0.2) is 0 Å². The van der Waals surface area contributed by atoms with E-state index in [9.17, 15) is 4.79 Å². The zero-order valence-corrected chi connectivity index (χ0v) is 13.0. The van der Waals surface area contributed by atoms with Gasteiger partial charge in [0.25, 0.3) is 0 Å². The van der Waals surface area contributed by atoms with Crippen LogP contribution in [0.25, 0.3) is 0 Å². The summed E-state index contributed by atoms with van der Waals surface area (Å²) >= 11 is 0. The van der Waals surface area contributed by atoms with Gasteiger partial charge in [-0.1, -0.05) is 12.8 Å². The van der Waals surface area contributed by atoms with E-state index in [2.05, 4.69) is 15.5 Å². The van der Waals surface area contributed by atoms with Crippen molar-refractivity contribution in [1.29, 1.82) is 0 Å². The number of hydrogen-bond acceptors (Lipinski definition) is 3. The lowest BCUT2D eigenvalue weighted by Gasteiger charge is -2.36. The fraction of sp³-hybridized carbons (Fsp3) is 0.929. The van der Waals surface area contributed by atoms with Crippen molar-refractivity contribution in [1.82, 2.24) is 15.5 Å². The van der Waals surface area contributed by atoms with Gasteiger partial charge in [-0.05, 0) is 46.2 Å². The van der Waals surface area contributed by atoms with Crippen LogP contribution in [-0.4, -0.2) is 49.1 Å². The molecule has 1 aliphatic heterocycles. The molecule has 0 aromatic rings. The lowest BCUT2D eigenvalue weighted by Crippen LogP contribution is -2.53. The minimum absolute atomic E-state index is 0. The number of piperidine rings is 1. The van der Waals surface area contributed by atoms with Crippen LogP contribution in [0.1, 0.15) is 45.4 Å². The first-order valence-corrected chi connectivity index (χ1v) is 7.42. The zero-order chi connectivity index (χ0) is 13.0. The van der Waals surface area contributed by atoms with E-state index < -0.39 is 0 Å². The molecule has 0 radical (unpaired) electrons. The number of halogens is 1. The van der Waals surface area contributed by atoms with Crippen molar-refractivity contribution >= 4 is 18.3 Å². The highest BCUT2D eigenvalue weighted by atomic mass is 35.5. The van der Waals surface area contributed by atoms with Crippen LogP contribution in [-0.2, 0) is 4.79 Å². The molecular weight excluding hydrogens is 262 g/mol. The van der Waals surface area contributed by atoms with Crippen LogP contribution in [0.5, 0.6) is 0 Å². The van der Waals surface area contributed by atoms with Gasteiger partial charge >= 0.3 is 0 Å². The normalized spacial score (nSPS) is 26.7. The Labute approximate surface area is 123 Å². The van der Waals surface area contributed by atoms with Gasteiger partial charge in [0, 0.05) is 18.6 Å². The van der Waals surface area contributed by atoms with E-state index >= 15 is 0 Å². The monoisotopic (exact) mass is 289 g/mol. The maximum atomic E-state index is 12.2. The number of carbonyl (C=O) groups is 1. The molecule has 2 rings (SSSR count). The average molecular weight is 290 g/mol. The quantitative estimate of drug-likeness (QED) is 0.825. The molecular formula is C14H28ClN3O. The summed E-state index contributed by atoms with van der Waals surface area (Å²) in [6, 6.07) is 0.993. The molecule has 2 aliphatic rings. The van der Waals surface area contributed by atoms with Crippen molar-refractivity contribution in [2.24, 2.45) is 0 Å². The highest BCUT2D eigenvalue weighted by molar-refractivity contribution is 5.85. The van der Waals surface area contributed by atoms with Gasteiger partial charge < -0.3 is 10.6 Å². The van der Waals surface area contributed by atoms with Crippen molar-refractivity contribution in [2.45, 2.75) is 63.6 Å². The molecule has 1 amide bonds. The van der Waals surface area contributed by atoms with Crippen LogP contribution in [0.4, 0.5) is 0 Å². The first-order chi connectivity index (χ1) is 8.70. The summed E-state index contributed by atoms with van der Waals surface area (Å²) in [6.45, 7) is 4.09.